The Morgan fingerprint density at radius 1 is 1.22 bits per heavy atom. The number of aryl methyl sites for hydroxylation is 1. The normalized spacial score (nSPS) is 10.1. The Morgan fingerprint density at radius 2 is 2.00 bits per heavy atom. The standard InChI is InChI=1S/C14H13FN2O/c15-12-6-3-11(4-7-12)5-8-14(18)17-13-2-1-9-16-10-13/h1-4,6-7,9-10H,5,8H2,(H,17,18). The van der Waals surface area contributed by atoms with Crippen LogP contribution in [0.5, 0.6) is 0 Å². The Kier molecular flexibility index (Phi) is 4.02. The minimum Gasteiger partial charge on any atom is -0.325 e. The number of anilines is 1. The number of amides is 1. The van der Waals surface area contributed by atoms with Crippen LogP contribution in [0.4, 0.5) is 10.1 Å². The first kappa shape index (κ1) is 12.2. The van der Waals surface area contributed by atoms with Gasteiger partial charge in [-0.1, -0.05) is 12.1 Å². The first-order valence-corrected chi connectivity index (χ1v) is 5.68. The van der Waals surface area contributed by atoms with E-state index in [1.807, 2.05) is 0 Å². The average molecular weight is 244 g/mol. The lowest BCUT2D eigenvalue weighted by atomic mass is 10.1. The highest BCUT2D eigenvalue weighted by Gasteiger charge is 2.03. The van der Waals surface area contributed by atoms with E-state index in [9.17, 15) is 9.18 Å². The first-order valence-electron chi connectivity index (χ1n) is 5.68. The fourth-order valence-corrected chi connectivity index (χ4v) is 1.57. The molecule has 1 aromatic heterocycles. The molecule has 0 fully saturated rings. The number of nitrogens with zero attached hydrogens (tertiary/aromatic N) is 1. The van der Waals surface area contributed by atoms with Gasteiger partial charge in [0.25, 0.3) is 0 Å². The summed E-state index contributed by atoms with van der Waals surface area (Å²) in [5, 5.41) is 2.75. The van der Waals surface area contributed by atoms with E-state index >= 15 is 0 Å². The predicted octanol–water partition coefficient (Wildman–Crippen LogP) is 2.79. The van der Waals surface area contributed by atoms with Crippen molar-refractivity contribution < 1.29 is 9.18 Å². The van der Waals surface area contributed by atoms with Crippen LogP contribution in [0, 0.1) is 5.82 Å². The molecule has 4 heteroatoms. The first-order chi connectivity index (χ1) is 8.74. The topological polar surface area (TPSA) is 42.0 Å². The number of carbonyl (C=O) groups is 1. The summed E-state index contributed by atoms with van der Waals surface area (Å²) in [6, 6.07) is 9.71. The van der Waals surface area contributed by atoms with Crippen LogP contribution in [0.3, 0.4) is 0 Å². The maximum atomic E-state index is 12.7. The van der Waals surface area contributed by atoms with Gasteiger partial charge in [0, 0.05) is 12.6 Å². The maximum Gasteiger partial charge on any atom is 0.224 e. The summed E-state index contributed by atoms with van der Waals surface area (Å²) in [5.41, 5.74) is 1.62. The third-order valence-corrected chi connectivity index (χ3v) is 2.50. The Bertz CT molecular complexity index is 511. The van der Waals surface area contributed by atoms with E-state index in [1.165, 1.54) is 12.1 Å². The van der Waals surface area contributed by atoms with Gasteiger partial charge in [0.2, 0.25) is 5.91 Å². The zero-order valence-corrected chi connectivity index (χ0v) is 9.77. The molecule has 18 heavy (non-hydrogen) atoms. The molecule has 1 heterocycles. The van der Waals surface area contributed by atoms with Crippen molar-refractivity contribution in [2.24, 2.45) is 0 Å². The van der Waals surface area contributed by atoms with Gasteiger partial charge in [-0.3, -0.25) is 9.78 Å². The number of rotatable bonds is 4. The van der Waals surface area contributed by atoms with Crippen molar-refractivity contribution in [2.75, 3.05) is 5.32 Å². The van der Waals surface area contributed by atoms with Gasteiger partial charge in [-0.25, -0.2) is 4.39 Å². The van der Waals surface area contributed by atoms with Gasteiger partial charge in [-0.05, 0) is 36.2 Å². The third kappa shape index (κ3) is 3.66. The van der Waals surface area contributed by atoms with Gasteiger partial charge >= 0.3 is 0 Å². The molecule has 0 radical (unpaired) electrons. The molecule has 0 aliphatic rings. The number of carbonyl (C=O) groups excluding carboxylic acids is 1. The molecule has 0 bridgehead atoms. The molecule has 3 nitrogen and oxygen atoms in total. The molecule has 0 aliphatic heterocycles. The highest BCUT2D eigenvalue weighted by Crippen LogP contribution is 2.07. The molecule has 1 aromatic carbocycles. The summed E-state index contributed by atoms with van der Waals surface area (Å²) in [5.74, 6) is -0.342. The van der Waals surface area contributed by atoms with Crippen molar-refractivity contribution in [1.82, 2.24) is 4.98 Å². The van der Waals surface area contributed by atoms with E-state index in [4.69, 9.17) is 0 Å². The Hall–Kier alpha value is -2.23. The molecule has 2 aromatic rings. The van der Waals surface area contributed by atoms with Crippen LogP contribution in [0.2, 0.25) is 0 Å². The van der Waals surface area contributed by atoms with Gasteiger partial charge in [-0.2, -0.15) is 0 Å². The number of benzene rings is 1. The highest BCUT2D eigenvalue weighted by molar-refractivity contribution is 5.90. The minimum absolute atomic E-state index is 0.0766. The van der Waals surface area contributed by atoms with Gasteiger partial charge in [0.05, 0.1) is 11.9 Å². The summed E-state index contributed by atoms with van der Waals surface area (Å²) >= 11 is 0. The Labute approximate surface area is 105 Å². The summed E-state index contributed by atoms with van der Waals surface area (Å²) < 4.78 is 12.7. The molecule has 1 amide bonds. The second-order valence-corrected chi connectivity index (χ2v) is 3.92. The third-order valence-electron chi connectivity index (χ3n) is 2.50. The van der Waals surface area contributed by atoms with Gasteiger partial charge < -0.3 is 5.32 Å². The molecule has 0 atom stereocenters. The molecule has 92 valence electrons. The number of hydrogen-bond donors (Lipinski definition) is 1. The largest absolute Gasteiger partial charge is 0.325 e. The molecule has 0 saturated carbocycles. The van der Waals surface area contributed by atoms with Crippen LogP contribution in [0.15, 0.2) is 48.8 Å². The predicted molar refractivity (Wildman–Crippen MR) is 67.6 cm³/mol. The average Bonchev–Trinajstić information content (AvgIpc) is 2.39. The van der Waals surface area contributed by atoms with E-state index < -0.39 is 0 Å². The molecule has 1 N–H and O–H groups in total. The van der Waals surface area contributed by atoms with Crippen molar-refractivity contribution in [3.05, 3.63) is 60.2 Å². The fraction of sp³-hybridized carbons (Fsp3) is 0.143. The van der Waals surface area contributed by atoms with Crippen LogP contribution < -0.4 is 5.32 Å². The van der Waals surface area contributed by atoms with Crippen molar-refractivity contribution in [1.29, 1.82) is 0 Å². The number of nitrogens with one attached hydrogen (secondary N) is 1. The summed E-state index contributed by atoms with van der Waals surface area (Å²) in [7, 11) is 0. The molecule has 0 unspecified atom stereocenters. The number of halogens is 1. The van der Waals surface area contributed by atoms with Gasteiger partial charge in [0.15, 0.2) is 0 Å². The lowest BCUT2D eigenvalue weighted by Crippen LogP contribution is -2.12. The van der Waals surface area contributed by atoms with Crippen LogP contribution in [0.1, 0.15) is 12.0 Å². The van der Waals surface area contributed by atoms with Crippen molar-refractivity contribution in [2.45, 2.75) is 12.8 Å². The van der Waals surface area contributed by atoms with Crippen molar-refractivity contribution in [3.8, 4) is 0 Å². The van der Waals surface area contributed by atoms with Crippen molar-refractivity contribution in [3.63, 3.8) is 0 Å². The van der Waals surface area contributed by atoms with Gasteiger partial charge in [-0.15, -0.1) is 0 Å². The molecule has 0 saturated heterocycles. The van der Waals surface area contributed by atoms with Crippen molar-refractivity contribution >= 4 is 11.6 Å². The summed E-state index contributed by atoms with van der Waals surface area (Å²) in [4.78, 5) is 15.5. The zero-order valence-electron chi connectivity index (χ0n) is 9.77. The zero-order chi connectivity index (χ0) is 12.8. The van der Waals surface area contributed by atoms with E-state index in [-0.39, 0.29) is 11.7 Å². The smallest absolute Gasteiger partial charge is 0.224 e. The molecule has 0 spiro atoms. The monoisotopic (exact) mass is 244 g/mol. The maximum absolute atomic E-state index is 12.7. The highest BCUT2D eigenvalue weighted by atomic mass is 19.1. The second kappa shape index (κ2) is 5.91. The SMILES string of the molecule is O=C(CCc1ccc(F)cc1)Nc1cccnc1. The lowest BCUT2D eigenvalue weighted by Gasteiger charge is -2.04. The number of hydrogen-bond acceptors (Lipinski definition) is 2. The van der Waals surface area contributed by atoms with E-state index in [0.717, 1.165) is 5.56 Å². The quantitative estimate of drug-likeness (QED) is 0.898. The van der Waals surface area contributed by atoms with Crippen LogP contribution in [0.25, 0.3) is 0 Å². The Morgan fingerprint density at radius 3 is 2.67 bits per heavy atom. The molecule has 0 aliphatic carbocycles. The summed E-state index contributed by atoms with van der Waals surface area (Å²) in [6.07, 6.45) is 4.19. The summed E-state index contributed by atoms with van der Waals surface area (Å²) in [6.45, 7) is 0. The molecular weight excluding hydrogens is 231 g/mol. The van der Waals surface area contributed by atoms with Crippen LogP contribution in [-0.4, -0.2) is 10.9 Å². The second-order valence-electron chi connectivity index (χ2n) is 3.92. The van der Waals surface area contributed by atoms with Gasteiger partial charge in [0.1, 0.15) is 5.82 Å². The van der Waals surface area contributed by atoms with E-state index in [2.05, 4.69) is 10.3 Å². The van der Waals surface area contributed by atoms with Crippen LogP contribution >= 0.6 is 0 Å². The van der Waals surface area contributed by atoms with E-state index in [1.54, 1.807) is 36.7 Å². The lowest BCUT2D eigenvalue weighted by molar-refractivity contribution is -0.116. The van der Waals surface area contributed by atoms with E-state index in [0.29, 0.717) is 18.5 Å². The fourth-order valence-electron chi connectivity index (χ4n) is 1.57. The Balaban J connectivity index is 1.83. The molecular formula is C14H13FN2O. The number of pyridine rings is 1. The van der Waals surface area contributed by atoms with Crippen LogP contribution in [-0.2, 0) is 11.2 Å². The number of aromatic nitrogens is 1. The minimum atomic E-state index is -0.265. The molecule has 2 rings (SSSR count).